The van der Waals surface area contributed by atoms with E-state index >= 15 is 0 Å². The third-order valence-electron chi connectivity index (χ3n) is 10.9. The Hall–Kier alpha value is -6.12. The Balaban J connectivity index is 0.974. The minimum atomic E-state index is -0.221. The number of fused-ring (bicyclic) bond motifs is 3. The molecule has 0 unspecified atom stereocenters. The molecule has 11 nitrogen and oxygen atoms in total. The van der Waals surface area contributed by atoms with Gasteiger partial charge in [0.15, 0.2) is 0 Å². The van der Waals surface area contributed by atoms with E-state index in [-0.39, 0.29) is 30.7 Å². The van der Waals surface area contributed by atoms with Crippen LogP contribution in [-0.2, 0) is 16.0 Å². The molecular formula is C47H52ClN6O5+. The number of aromatic nitrogens is 1. The van der Waals surface area contributed by atoms with Crippen LogP contribution in [0.2, 0.25) is 5.02 Å². The highest BCUT2D eigenvalue weighted by molar-refractivity contribution is 6.30. The van der Waals surface area contributed by atoms with Gasteiger partial charge < -0.3 is 24.7 Å². The van der Waals surface area contributed by atoms with Crippen molar-refractivity contribution in [3.05, 3.63) is 112 Å². The lowest BCUT2D eigenvalue weighted by Gasteiger charge is -2.24. The predicted octanol–water partition coefficient (Wildman–Crippen LogP) is 7.70. The SMILES string of the molecule is CCN(CCCCCC(=O)NCCNC(=O)Cc1c(C)n(C(=O)c2ccc(Cl)cc2)c2ccc(OC)cc12)c1ccc2oc3cc(=[N+](CC)CC)ccc-3c(C#N)c2c1. The second-order valence-corrected chi connectivity index (χ2v) is 14.9. The lowest BCUT2D eigenvalue weighted by Crippen LogP contribution is -2.35. The smallest absolute Gasteiger partial charge is 0.262 e. The normalized spacial score (nSPS) is 11.1. The fraction of sp³-hybridized carbons (Fsp3) is 0.340. The summed E-state index contributed by atoms with van der Waals surface area (Å²) in [6.45, 7) is 12.2. The summed E-state index contributed by atoms with van der Waals surface area (Å²) in [5, 5.41) is 19.2. The second-order valence-electron chi connectivity index (χ2n) is 14.5. The molecule has 3 aromatic carbocycles. The van der Waals surface area contributed by atoms with Crippen LogP contribution in [0.15, 0.2) is 83.3 Å². The van der Waals surface area contributed by atoms with E-state index in [1.165, 1.54) is 0 Å². The maximum atomic E-state index is 13.6. The zero-order valence-electron chi connectivity index (χ0n) is 34.5. The standard InChI is InChI=1S/C47H51ClN6O5/c1-6-52(7-2)35-17-20-37-41(30-49)40-26-34(18-22-43(40)59-44(37)27-35)53(8-3)25-11-9-10-12-45(55)50-23-24-51-46(56)29-38-31(4)54(42-21-19-36(58-5)28-39(38)42)47(57)32-13-15-33(48)16-14-32/h13-22,26-28H,6-12,23-25,29H2,1-5H3,(H-,50,51,55,56)/p+1. The number of amides is 2. The summed E-state index contributed by atoms with van der Waals surface area (Å²) in [6, 6.07) is 26.7. The molecule has 4 aromatic rings. The molecular weight excluding hydrogens is 764 g/mol. The van der Waals surface area contributed by atoms with Gasteiger partial charge >= 0.3 is 0 Å². The van der Waals surface area contributed by atoms with Crippen LogP contribution in [0.1, 0.15) is 73.6 Å². The highest BCUT2D eigenvalue weighted by Crippen LogP contribution is 2.35. The zero-order valence-corrected chi connectivity index (χ0v) is 35.2. The zero-order chi connectivity index (χ0) is 42.1. The quantitative estimate of drug-likeness (QED) is 0.0548. The molecule has 0 atom stereocenters. The van der Waals surface area contributed by atoms with E-state index in [0.717, 1.165) is 78.4 Å². The number of halogens is 1. The van der Waals surface area contributed by atoms with Crippen LogP contribution in [0.25, 0.3) is 33.2 Å². The minimum absolute atomic E-state index is 0.0576. The van der Waals surface area contributed by atoms with Crippen LogP contribution in [0.4, 0.5) is 5.69 Å². The number of ether oxygens (including phenoxy) is 1. The number of anilines is 1. The first-order chi connectivity index (χ1) is 28.6. The first-order valence-corrected chi connectivity index (χ1v) is 20.7. The molecule has 0 saturated carbocycles. The molecule has 0 saturated heterocycles. The van der Waals surface area contributed by atoms with Crippen molar-refractivity contribution in [1.29, 1.82) is 5.26 Å². The Labute approximate surface area is 350 Å². The van der Waals surface area contributed by atoms with Gasteiger partial charge in [0.1, 0.15) is 36.3 Å². The van der Waals surface area contributed by atoms with Gasteiger partial charge in [-0.3, -0.25) is 19.0 Å². The Morgan fingerprint density at radius 3 is 2.32 bits per heavy atom. The average molecular weight is 816 g/mol. The van der Waals surface area contributed by atoms with Crippen LogP contribution in [0.3, 0.4) is 0 Å². The summed E-state index contributed by atoms with van der Waals surface area (Å²) in [5.74, 6) is 0.826. The molecule has 1 aliphatic carbocycles. The second kappa shape index (κ2) is 19.6. The summed E-state index contributed by atoms with van der Waals surface area (Å²) < 4.78 is 15.6. The number of nitriles is 1. The Morgan fingerprint density at radius 1 is 0.881 bits per heavy atom. The molecule has 0 bridgehead atoms. The minimum Gasteiger partial charge on any atom is -0.497 e. The molecule has 0 fully saturated rings. The number of benzene rings is 4. The van der Waals surface area contributed by atoms with Crippen LogP contribution >= 0.6 is 11.6 Å². The van der Waals surface area contributed by atoms with Crippen LogP contribution in [0, 0.1) is 18.3 Å². The number of nitrogens with zero attached hydrogens (tertiary/aromatic N) is 4. The highest BCUT2D eigenvalue weighted by Gasteiger charge is 2.23. The van der Waals surface area contributed by atoms with E-state index in [9.17, 15) is 19.6 Å². The Kier molecular flexibility index (Phi) is 14.1. The molecule has 1 aromatic heterocycles. The van der Waals surface area contributed by atoms with Gasteiger partial charge in [-0.2, -0.15) is 5.26 Å². The average Bonchev–Trinajstić information content (AvgIpc) is 3.52. The van der Waals surface area contributed by atoms with E-state index in [1.54, 1.807) is 42.0 Å². The first-order valence-electron chi connectivity index (χ1n) is 20.4. The molecule has 0 radical (unpaired) electrons. The van der Waals surface area contributed by atoms with Crippen LogP contribution in [0.5, 0.6) is 5.75 Å². The molecule has 59 heavy (non-hydrogen) atoms. The number of nitrogens with one attached hydrogen (secondary N) is 2. The monoisotopic (exact) mass is 815 g/mol. The molecule has 6 rings (SSSR count). The van der Waals surface area contributed by atoms with Gasteiger partial charge in [-0.15, -0.1) is 0 Å². The van der Waals surface area contributed by atoms with Gasteiger partial charge in [0.05, 0.1) is 30.7 Å². The van der Waals surface area contributed by atoms with E-state index in [4.69, 9.17) is 20.8 Å². The first kappa shape index (κ1) is 42.5. The van der Waals surface area contributed by atoms with E-state index in [1.807, 2.05) is 49.4 Å². The fourth-order valence-electron chi connectivity index (χ4n) is 7.72. The van der Waals surface area contributed by atoms with E-state index in [2.05, 4.69) is 53.0 Å². The largest absolute Gasteiger partial charge is 0.497 e. The summed E-state index contributed by atoms with van der Waals surface area (Å²) in [4.78, 5) is 41.7. The fourth-order valence-corrected chi connectivity index (χ4v) is 7.84. The van der Waals surface area contributed by atoms with Gasteiger partial charge in [0.25, 0.3) is 5.91 Å². The molecule has 2 N–H and O–H groups in total. The molecule has 306 valence electrons. The summed E-state index contributed by atoms with van der Waals surface area (Å²) in [5.41, 5.74) is 5.67. The maximum absolute atomic E-state index is 13.6. The number of carbonyl (C=O) groups is 3. The highest BCUT2D eigenvalue weighted by atomic mass is 35.5. The molecule has 1 aliphatic heterocycles. The Bertz CT molecular complexity index is 2560. The van der Waals surface area contributed by atoms with Gasteiger partial charge in [0, 0.05) is 77.0 Å². The number of rotatable bonds is 17. The van der Waals surface area contributed by atoms with Crippen molar-refractivity contribution in [3.8, 4) is 23.1 Å². The van der Waals surface area contributed by atoms with Crippen molar-refractivity contribution in [2.24, 2.45) is 0 Å². The number of carbonyl (C=O) groups excluding carboxylic acids is 3. The topological polar surface area (TPSA) is 133 Å². The van der Waals surface area contributed by atoms with Crippen molar-refractivity contribution in [2.45, 2.75) is 59.8 Å². The third kappa shape index (κ3) is 9.61. The van der Waals surface area contributed by atoms with Crippen molar-refractivity contribution in [3.63, 3.8) is 0 Å². The molecule has 0 spiro atoms. The van der Waals surface area contributed by atoms with E-state index < -0.39 is 0 Å². The molecule has 2 aliphatic rings. The number of unbranched alkanes of at least 4 members (excludes halogenated alkanes) is 2. The van der Waals surface area contributed by atoms with Gasteiger partial charge in [-0.25, -0.2) is 4.58 Å². The van der Waals surface area contributed by atoms with Gasteiger partial charge in [0.2, 0.25) is 17.2 Å². The Morgan fingerprint density at radius 2 is 1.63 bits per heavy atom. The summed E-state index contributed by atoms with van der Waals surface area (Å²) >= 11 is 6.05. The van der Waals surface area contributed by atoms with Crippen LogP contribution < -0.4 is 30.2 Å². The van der Waals surface area contributed by atoms with Gasteiger partial charge in [-0.1, -0.05) is 18.0 Å². The maximum Gasteiger partial charge on any atom is 0.262 e. The number of hydrogen-bond donors (Lipinski definition) is 2. The summed E-state index contributed by atoms with van der Waals surface area (Å²) in [6.07, 6.45) is 2.98. The van der Waals surface area contributed by atoms with E-state index in [0.29, 0.717) is 57.4 Å². The van der Waals surface area contributed by atoms with Gasteiger partial charge in [-0.05, 0) is 113 Å². The van der Waals surface area contributed by atoms with Crippen molar-refractivity contribution in [2.75, 3.05) is 51.3 Å². The molecule has 2 amide bonds. The van der Waals surface area contributed by atoms with Crippen molar-refractivity contribution in [1.82, 2.24) is 19.8 Å². The summed E-state index contributed by atoms with van der Waals surface area (Å²) in [7, 11) is 1.57. The lowest BCUT2D eigenvalue weighted by molar-refractivity contribution is -0.122. The third-order valence-corrected chi connectivity index (χ3v) is 11.2. The van der Waals surface area contributed by atoms with Crippen LogP contribution in [-0.4, -0.2) is 68.7 Å². The van der Waals surface area contributed by atoms with Crippen molar-refractivity contribution >= 4 is 56.9 Å². The number of methoxy groups -OCH3 is 1. The molecule has 2 heterocycles. The molecule has 12 heteroatoms. The predicted molar refractivity (Wildman–Crippen MR) is 234 cm³/mol. The van der Waals surface area contributed by atoms with Crippen molar-refractivity contribution < 1.29 is 23.5 Å². The number of hydrogen-bond acceptors (Lipinski definition) is 7. The lowest BCUT2D eigenvalue weighted by atomic mass is 10.00.